The maximum Gasteiger partial charge on any atom is 0.221 e. The van der Waals surface area contributed by atoms with Gasteiger partial charge in [0.1, 0.15) is 0 Å². The van der Waals surface area contributed by atoms with E-state index >= 15 is 0 Å². The van der Waals surface area contributed by atoms with Crippen LogP contribution in [-0.2, 0) is 4.79 Å². The molecule has 1 unspecified atom stereocenters. The van der Waals surface area contributed by atoms with Crippen molar-refractivity contribution in [3.63, 3.8) is 0 Å². The summed E-state index contributed by atoms with van der Waals surface area (Å²) >= 11 is 0. The number of nitrogens with one attached hydrogen (secondary N) is 2. The normalized spacial score (nSPS) is 13.1. The molecular formula is C13H29N3O. The Morgan fingerprint density at radius 2 is 1.88 bits per heavy atom. The van der Waals surface area contributed by atoms with Gasteiger partial charge in [-0.1, -0.05) is 20.8 Å². The van der Waals surface area contributed by atoms with Gasteiger partial charge in [0, 0.05) is 38.1 Å². The Hall–Kier alpha value is -0.610. The SMILES string of the molecule is CCC(C)N(C)CCNC(=O)CCNC(C)C. The van der Waals surface area contributed by atoms with E-state index in [1.54, 1.807) is 0 Å². The Balaban J connectivity index is 3.51. The lowest BCUT2D eigenvalue weighted by Gasteiger charge is -2.23. The number of nitrogens with zero attached hydrogens (tertiary/aromatic N) is 1. The summed E-state index contributed by atoms with van der Waals surface area (Å²) < 4.78 is 0. The van der Waals surface area contributed by atoms with Crippen molar-refractivity contribution in [3.8, 4) is 0 Å². The van der Waals surface area contributed by atoms with E-state index in [0.717, 1.165) is 26.1 Å². The van der Waals surface area contributed by atoms with Gasteiger partial charge in [-0.2, -0.15) is 0 Å². The molecule has 4 nitrogen and oxygen atoms in total. The van der Waals surface area contributed by atoms with E-state index in [1.807, 2.05) is 0 Å². The van der Waals surface area contributed by atoms with E-state index in [9.17, 15) is 4.79 Å². The van der Waals surface area contributed by atoms with E-state index in [2.05, 4.69) is 50.3 Å². The first-order valence-electron chi connectivity index (χ1n) is 6.67. The fraction of sp³-hybridized carbons (Fsp3) is 0.923. The Labute approximate surface area is 106 Å². The number of rotatable bonds is 9. The highest BCUT2D eigenvalue weighted by Gasteiger charge is 2.06. The number of hydrogen-bond donors (Lipinski definition) is 2. The average molecular weight is 243 g/mol. The second-order valence-corrected chi connectivity index (χ2v) is 4.95. The fourth-order valence-electron chi connectivity index (χ4n) is 1.47. The van der Waals surface area contributed by atoms with Crippen molar-refractivity contribution in [2.75, 3.05) is 26.7 Å². The Bertz CT molecular complexity index is 207. The maximum absolute atomic E-state index is 11.5. The first-order valence-corrected chi connectivity index (χ1v) is 6.67. The lowest BCUT2D eigenvalue weighted by Crippen LogP contribution is -2.38. The van der Waals surface area contributed by atoms with Crippen molar-refractivity contribution in [1.29, 1.82) is 0 Å². The Morgan fingerprint density at radius 3 is 2.41 bits per heavy atom. The Kier molecular flexibility index (Phi) is 9.09. The predicted octanol–water partition coefficient (Wildman–Crippen LogP) is 1.22. The van der Waals surface area contributed by atoms with Crippen LogP contribution in [0.1, 0.15) is 40.5 Å². The molecule has 0 aromatic heterocycles. The van der Waals surface area contributed by atoms with Crippen molar-refractivity contribution in [2.24, 2.45) is 0 Å². The molecular weight excluding hydrogens is 214 g/mol. The third-order valence-electron chi connectivity index (χ3n) is 3.03. The Morgan fingerprint density at radius 1 is 1.24 bits per heavy atom. The minimum atomic E-state index is 0.135. The van der Waals surface area contributed by atoms with Gasteiger partial charge in [0.25, 0.3) is 0 Å². The molecule has 1 atom stereocenters. The van der Waals surface area contributed by atoms with Crippen LogP contribution in [0.25, 0.3) is 0 Å². The standard InChI is InChI=1S/C13H29N3O/c1-6-12(4)16(5)10-9-15-13(17)7-8-14-11(2)3/h11-12,14H,6-10H2,1-5H3,(H,15,17). The van der Waals surface area contributed by atoms with Crippen LogP contribution < -0.4 is 10.6 Å². The van der Waals surface area contributed by atoms with Crippen LogP contribution >= 0.6 is 0 Å². The van der Waals surface area contributed by atoms with Gasteiger partial charge >= 0.3 is 0 Å². The van der Waals surface area contributed by atoms with Crippen LogP contribution in [0.15, 0.2) is 0 Å². The molecule has 17 heavy (non-hydrogen) atoms. The molecule has 0 fully saturated rings. The van der Waals surface area contributed by atoms with Gasteiger partial charge < -0.3 is 15.5 Å². The molecule has 0 bridgehead atoms. The van der Waals surface area contributed by atoms with E-state index in [0.29, 0.717) is 18.5 Å². The summed E-state index contributed by atoms with van der Waals surface area (Å²) in [7, 11) is 2.10. The zero-order chi connectivity index (χ0) is 13.3. The fourth-order valence-corrected chi connectivity index (χ4v) is 1.47. The quantitative estimate of drug-likeness (QED) is 0.640. The van der Waals surface area contributed by atoms with Crippen molar-refractivity contribution in [1.82, 2.24) is 15.5 Å². The number of carbonyl (C=O) groups excluding carboxylic acids is 1. The molecule has 0 rings (SSSR count). The van der Waals surface area contributed by atoms with E-state index < -0.39 is 0 Å². The number of likely N-dealkylation sites (N-methyl/N-ethyl adjacent to an activating group) is 1. The van der Waals surface area contributed by atoms with Gasteiger partial charge in [0.15, 0.2) is 0 Å². The van der Waals surface area contributed by atoms with Gasteiger partial charge in [-0.15, -0.1) is 0 Å². The van der Waals surface area contributed by atoms with Crippen molar-refractivity contribution < 1.29 is 4.79 Å². The summed E-state index contributed by atoms with van der Waals surface area (Å²) in [5, 5.41) is 6.18. The molecule has 0 aromatic carbocycles. The van der Waals surface area contributed by atoms with Gasteiger partial charge in [0.2, 0.25) is 5.91 Å². The first kappa shape index (κ1) is 16.4. The summed E-state index contributed by atoms with van der Waals surface area (Å²) in [6.45, 7) is 11.0. The molecule has 0 spiro atoms. The largest absolute Gasteiger partial charge is 0.355 e. The van der Waals surface area contributed by atoms with Gasteiger partial charge in [0.05, 0.1) is 0 Å². The maximum atomic E-state index is 11.5. The smallest absolute Gasteiger partial charge is 0.221 e. The van der Waals surface area contributed by atoms with Crippen LogP contribution in [0.5, 0.6) is 0 Å². The summed E-state index contributed by atoms with van der Waals surface area (Å²) in [5.74, 6) is 0.135. The number of carbonyl (C=O) groups is 1. The van der Waals surface area contributed by atoms with Crippen molar-refractivity contribution >= 4 is 5.91 Å². The third-order valence-corrected chi connectivity index (χ3v) is 3.03. The molecule has 102 valence electrons. The summed E-state index contributed by atoms with van der Waals surface area (Å²) in [6.07, 6.45) is 1.70. The molecule has 0 aliphatic rings. The van der Waals surface area contributed by atoms with E-state index in [4.69, 9.17) is 0 Å². The monoisotopic (exact) mass is 243 g/mol. The molecule has 0 aromatic rings. The highest BCUT2D eigenvalue weighted by molar-refractivity contribution is 5.76. The van der Waals surface area contributed by atoms with Crippen molar-refractivity contribution in [2.45, 2.75) is 52.6 Å². The molecule has 2 N–H and O–H groups in total. The molecule has 1 amide bonds. The number of hydrogen-bond acceptors (Lipinski definition) is 3. The zero-order valence-electron chi connectivity index (χ0n) is 12.0. The van der Waals surface area contributed by atoms with Crippen LogP contribution in [0, 0.1) is 0 Å². The van der Waals surface area contributed by atoms with Crippen LogP contribution in [0.2, 0.25) is 0 Å². The minimum Gasteiger partial charge on any atom is -0.355 e. The van der Waals surface area contributed by atoms with Gasteiger partial charge in [-0.05, 0) is 20.4 Å². The molecule has 0 radical (unpaired) electrons. The van der Waals surface area contributed by atoms with E-state index in [-0.39, 0.29) is 5.91 Å². The molecule has 4 heteroatoms. The molecule has 0 saturated carbocycles. The lowest BCUT2D eigenvalue weighted by molar-refractivity contribution is -0.121. The molecule has 0 aliphatic heterocycles. The number of amides is 1. The average Bonchev–Trinajstić information content (AvgIpc) is 2.27. The molecule has 0 heterocycles. The van der Waals surface area contributed by atoms with E-state index in [1.165, 1.54) is 0 Å². The minimum absolute atomic E-state index is 0.135. The summed E-state index contributed by atoms with van der Waals surface area (Å²) in [6, 6.07) is 1.02. The third kappa shape index (κ3) is 9.12. The van der Waals surface area contributed by atoms with Gasteiger partial charge in [-0.25, -0.2) is 0 Å². The second-order valence-electron chi connectivity index (χ2n) is 4.95. The summed E-state index contributed by atoms with van der Waals surface area (Å²) in [4.78, 5) is 13.7. The summed E-state index contributed by atoms with van der Waals surface area (Å²) in [5.41, 5.74) is 0. The van der Waals surface area contributed by atoms with Crippen LogP contribution in [-0.4, -0.2) is 49.6 Å². The zero-order valence-corrected chi connectivity index (χ0v) is 12.0. The first-order chi connectivity index (χ1) is 7.97. The molecule has 0 saturated heterocycles. The highest BCUT2D eigenvalue weighted by Crippen LogP contribution is 1.98. The second kappa shape index (κ2) is 9.42. The van der Waals surface area contributed by atoms with Crippen LogP contribution in [0.3, 0.4) is 0 Å². The lowest BCUT2D eigenvalue weighted by atomic mass is 10.2. The predicted molar refractivity (Wildman–Crippen MR) is 73.1 cm³/mol. The topological polar surface area (TPSA) is 44.4 Å². The molecule has 0 aliphatic carbocycles. The highest BCUT2D eigenvalue weighted by atomic mass is 16.1. The van der Waals surface area contributed by atoms with Gasteiger partial charge in [-0.3, -0.25) is 4.79 Å². The van der Waals surface area contributed by atoms with Crippen molar-refractivity contribution in [3.05, 3.63) is 0 Å². The van der Waals surface area contributed by atoms with Crippen LogP contribution in [0.4, 0.5) is 0 Å².